The highest BCUT2D eigenvalue weighted by Crippen LogP contribution is 2.40. The highest BCUT2D eigenvalue weighted by molar-refractivity contribution is 8.14. The number of ether oxygens (including phenoxy) is 1. The largest absolute Gasteiger partial charge is 0.468 e. The number of rotatable bonds is 8. The Morgan fingerprint density at radius 2 is 2.00 bits per heavy atom. The van der Waals surface area contributed by atoms with Crippen LogP contribution in [0.25, 0.3) is 6.08 Å². The second-order valence-electron chi connectivity index (χ2n) is 8.57. The average Bonchev–Trinajstić information content (AvgIpc) is 3.58. The molecule has 2 aromatic rings. The number of thioether (sulfide) groups is 1. The second kappa shape index (κ2) is 11.9. The second-order valence-corrected chi connectivity index (χ2v) is 9.95. The van der Waals surface area contributed by atoms with Gasteiger partial charge in [-0.3, -0.25) is 19.3 Å². The number of likely N-dealkylation sites (tertiary alicyclic amines) is 1. The molecule has 0 spiro atoms. The molecule has 2 heterocycles. The van der Waals surface area contributed by atoms with Crippen molar-refractivity contribution < 1.29 is 23.5 Å². The molecule has 2 aliphatic rings. The van der Waals surface area contributed by atoms with Crippen LogP contribution in [0.4, 0.5) is 4.39 Å². The number of aromatic nitrogens is 3. The lowest BCUT2D eigenvalue weighted by Gasteiger charge is -2.38. The van der Waals surface area contributed by atoms with Crippen LogP contribution in [0.3, 0.4) is 0 Å². The van der Waals surface area contributed by atoms with Crippen molar-refractivity contribution in [3.8, 4) is 0 Å². The summed E-state index contributed by atoms with van der Waals surface area (Å²) in [6.45, 7) is 2.36. The first-order chi connectivity index (χ1) is 16.4. The predicted molar refractivity (Wildman–Crippen MR) is 132 cm³/mol. The number of methoxy groups -OCH3 is 1. The van der Waals surface area contributed by atoms with Crippen molar-refractivity contribution in [2.45, 2.75) is 44.0 Å². The fourth-order valence-corrected chi connectivity index (χ4v) is 5.19. The summed E-state index contributed by atoms with van der Waals surface area (Å²) in [5.74, 6) is -0.848. The molecule has 2 atom stereocenters. The number of halogens is 2. The van der Waals surface area contributed by atoms with Gasteiger partial charge in [0, 0.05) is 36.7 Å². The molecule has 4 rings (SSSR count). The molecule has 2 fully saturated rings. The van der Waals surface area contributed by atoms with E-state index in [4.69, 9.17) is 4.74 Å². The Kier molecular flexibility index (Phi) is 9.21. The number of hydrogen-bond acceptors (Lipinski definition) is 8. The number of hydrogen-bond donors (Lipinski definition) is 0. The van der Waals surface area contributed by atoms with E-state index in [0.29, 0.717) is 30.8 Å². The molecule has 0 N–H and O–H groups in total. The molecule has 0 radical (unpaired) electrons. The topological polar surface area (TPSA) is 94.4 Å². The van der Waals surface area contributed by atoms with E-state index in [2.05, 4.69) is 10.3 Å². The van der Waals surface area contributed by atoms with Crippen molar-refractivity contribution in [3.63, 3.8) is 0 Å². The van der Waals surface area contributed by atoms with Gasteiger partial charge in [0.05, 0.1) is 25.0 Å². The van der Waals surface area contributed by atoms with E-state index < -0.39 is 17.8 Å². The standard InChI is InChI=1S/C24H27FN4O4S.ClH/c1-15(30)34-21-9-10-28(13-17(21)11-18-12-26-27-29(18)14-22(31)33-2)23(24(32)16-7-8-16)19-5-3-4-6-20(19)25;/h3-6,11-12,16,21,23H,7-10,13-14H2,1-2H3;1H. The normalized spacial score (nSPS) is 20.2. The Morgan fingerprint density at radius 3 is 2.66 bits per heavy atom. The summed E-state index contributed by atoms with van der Waals surface area (Å²) in [4.78, 5) is 39.0. The average molecular weight is 523 g/mol. The Bertz CT molecular complexity index is 1120. The lowest BCUT2D eigenvalue weighted by molar-refractivity contribution is -0.141. The van der Waals surface area contributed by atoms with Crippen molar-refractivity contribution >= 4 is 47.1 Å². The number of ketones is 1. The third-order valence-electron chi connectivity index (χ3n) is 6.09. The van der Waals surface area contributed by atoms with E-state index >= 15 is 0 Å². The van der Waals surface area contributed by atoms with Crippen LogP contribution in [-0.4, -0.2) is 62.2 Å². The molecular weight excluding hydrogens is 495 g/mol. The zero-order chi connectivity index (χ0) is 24.2. The van der Waals surface area contributed by atoms with Gasteiger partial charge in [0.2, 0.25) is 0 Å². The fraction of sp³-hybridized carbons (Fsp3) is 0.458. The summed E-state index contributed by atoms with van der Waals surface area (Å²) < 4.78 is 20.9. The van der Waals surface area contributed by atoms with E-state index in [1.807, 2.05) is 11.0 Å². The molecule has 0 amide bonds. The van der Waals surface area contributed by atoms with Gasteiger partial charge < -0.3 is 4.74 Å². The van der Waals surface area contributed by atoms with Gasteiger partial charge in [0.25, 0.3) is 0 Å². The van der Waals surface area contributed by atoms with E-state index in [9.17, 15) is 18.8 Å². The predicted octanol–water partition coefficient (Wildman–Crippen LogP) is 3.47. The number of piperidine rings is 1. The molecule has 1 saturated heterocycles. The molecule has 1 aliphatic carbocycles. The smallest absolute Gasteiger partial charge is 0.327 e. The van der Waals surface area contributed by atoms with Crippen molar-refractivity contribution in [1.29, 1.82) is 0 Å². The first-order valence-electron chi connectivity index (χ1n) is 11.2. The molecule has 8 nitrogen and oxygen atoms in total. The summed E-state index contributed by atoms with van der Waals surface area (Å²) >= 11 is 1.23. The summed E-state index contributed by atoms with van der Waals surface area (Å²) in [6.07, 6.45) is 5.68. The van der Waals surface area contributed by atoms with Crippen LogP contribution < -0.4 is 0 Å². The number of carbonyl (C=O) groups is 3. The summed E-state index contributed by atoms with van der Waals surface area (Å²) in [5, 5.41) is 7.75. The van der Waals surface area contributed by atoms with E-state index in [-0.39, 0.29) is 41.0 Å². The number of esters is 1. The van der Waals surface area contributed by atoms with Gasteiger partial charge in [-0.1, -0.05) is 35.2 Å². The minimum Gasteiger partial charge on any atom is -0.468 e. The Labute approximate surface area is 213 Å². The first-order valence-corrected chi connectivity index (χ1v) is 12.1. The lowest BCUT2D eigenvalue weighted by Crippen LogP contribution is -2.43. The van der Waals surface area contributed by atoms with Gasteiger partial charge >= 0.3 is 5.97 Å². The van der Waals surface area contributed by atoms with Crippen LogP contribution in [0, 0.1) is 11.7 Å². The molecule has 188 valence electrons. The minimum atomic E-state index is -0.682. The monoisotopic (exact) mass is 522 g/mol. The summed E-state index contributed by atoms with van der Waals surface area (Å²) in [5.41, 5.74) is 1.87. The number of nitrogens with zero attached hydrogens (tertiary/aromatic N) is 4. The molecule has 0 bridgehead atoms. The quantitative estimate of drug-likeness (QED) is 0.486. The molecular formula is C24H28ClFN4O4S. The van der Waals surface area contributed by atoms with Crippen LogP contribution in [0.5, 0.6) is 0 Å². The number of carbonyl (C=O) groups excluding carboxylic acids is 3. The van der Waals surface area contributed by atoms with E-state index in [1.165, 1.54) is 42.7 Å². The van der Waals surface area contributed by atoms with Gasteiger partial charge in [-0.05, 0) is 37.0 Å². The fourth-order valence-electron chi connectivity index (χ4n) is 4.27. The first kappa shape index (κ1) is 27.0. The van der Waals surface area contributed by atoms with Gasteiger partial charge in [-0.2, -0.15) is 0 Å². The number of benzene rings is 1. The molecule has 1 aromatic carbocycles. The number of Topliss-reactive ketones (excluding diaryl/α,β-unsaturated/α-hetero) is 1. The SMILES string of the molecule is COC(=O)Cn1nncc1C=C1CN(C(C(=O)C2CC2)c2ccccc2F)CCC1SC(C)=O.Cl. The molecule has 2 unspecified atom stereocenters. The van der Waals surface area contributed by atoms with Crippen molar-refractivity contribution in [3.05, 3.63) is 53.1 Å². The zero-order valence-electron chi connectivity index (χ0n) is 19.6. The summed E-state index contributed by atoms with van der Waals surface area (Å²) in [6, 6.07) is 5.74. The van der Waals surface area contributed by atoms with Crippen LogP contribution in [0.2, 0.25) is 0 Å². The third kappa shape index (κ3) is 6.56. The van der Waals surface area contributed by atoms with Crippen molar-refractivity contribution in [2.24, 2.45) is 5.92 Å². The van der Waals surface area contributed by atoms with Crippen LogP contribution in [-0.2, 0) is 25.7 Å². The van der Waals surface area contributed by atoms with E-state index in [0.717, 1.165) is 18.4 Å². The Balaban J connectivity index is 0.00000342. The van der Waals surface area contributed by atoms with Crippen LogP contribution >= 0.6 is 24.2 Å². The maximum Gasteiger partial charge on any atom is 0.327 e. The minimum absolute atomic E-state index is 0. The zero-order valence-corrected chi connectivity index (χ0v) is 21.2. The molecule has 11 heteroatoms. The maximum atomic E-state index is 14.8. The van der Waals surface area contributed by atoms with E-state index in [1.54, 1.807) is 18.2 Å². The highest BCUT2D eigenvalue weighted by atomic mass is 35.5. The molecule has 1 aromatic heterocycles. The third-order valence-corrected chi connectivity index (χ3v) is 7.24. The van der Waals surface area contributed by atoms with Crippen LogP contribution in [0.1, 0.15) is 43.5 Å². The van der Waals surface area contributed by atoms with Crippen molar-refractivity contribution in [1.82, 2.24) is 19.9 Å². The maximum absolute atomic E-state index is 14.8. The Morgan fingerprint density at radius 1 is 1.26 bits per heavy atom. The highest BCUT2D eigenvalue weighted by Gasteiger charge is 2.41. The summed E-state index contributed by atoms with van der Waals surface area (Å²) in [7, 11) is 1.30. The molecule has 35 heavy (non-hydrogen) atoms. The van der Waals surface area contributed by atoms with Gasteiger partial charge in [0.15, 0.2) is 10.9 Å². The van der Waals surface area contributed by atoms with Gasteiger partial charge in [-0.15, -0.1) is 17.5 Å². The molecule has 1 saturated carbocycles. The van der Waals surface area contributed by atoms with Crippen LogP contribution in [0.15, 0.2) is 36.0 Å². The van der Waals surface area contributed by atoms with Crippen molar-refractivity contribution in [2.75, 3.05) is 20.2 Å². The van der Waals surface area contributed by atoms with Gasteiger partial charge in [0.1, 0.15) is 12.4 Å². The Hall–Kier alpha value is -2.56. The van der Waals surface area contributed by atoms with Gasteiger partial charge in [-0.25, -0.2) is 9.07 Å². The lowest BCUT2D eigenvalue weighted by atomic mass is 9.93. The molecule has 1 aliphatic heterocycles.